The quantitative estimate of drug-likeness (QED) is 0.580. The Labute approximate surface area is 157 Å². The number of carbonyl (C=O) groups excluding carboxylic acids is 2. The monoisotopic (exact) mass is 371 g/mol. The second-order valence-electron chi connectivity index (χ2n) is 6.18. The summed E-state index contributed by atoms with van der Waals surface area (Å²) in [5.74, 6) is -0.893. The largest absolute Gasteiger partial charge is 0.496 e. The van der Waals surface area contributed by atoms with Crippen LogP contribution in [-0.2, 0) is 4.79 Å². The van der Waals surface area contributed by atoms with E-state index in [0.29, 0.717) is 11.3 Å². The molecule has 0 aliphatic carbocycles. The summed E-state index contributed by atoms with van der Waals surface area (Å²) in [6.45, 7) is 3.61. The van der Waals surface area contributed by atoms with Gasteiger partial charge in [-0.05, 0) is 42.3 Å². The number of para-hydroxylation sites is 1. The number of ether oxygens (including phenoxy) is 1. The molecule has 2 N–H and O–H groups in total. The number of methoxy groups -OCH3 is 1. The van der Waals surface area contributed by atoms with Crippen molar-refractivity contribution in [1.29, 1.82) is 0 Å². The van der Waals surface area contributed by atoms with E-state index in [1.807, 2.05) is 12.1 Å². The van der Waals surface area contributed by atoms with E-state index in [1.54, 1.807) is 33.1 Å². The molecule has 6 nitrogen and oxygen atoms in total. The average molecular weight is 371 g/mol. The Bertz CT molecular complexity index is 819. The maximum absolute atomic E-state index is 13.0. The minimum Gasteiger partial charge on any atom is -0.496 e. The summed E-state index contributed by atoms with van der Waals surface area (Å²) in [6, 6.07) is 11.5. The first-order valence-electron chi connectivity index (χ1n) is 8.44. The van der Waals surface area contributed by atoms with Crippen LogP contribution in [0, 0.1) is 11.7 Å². The first kappa shape index (κ1) is 20.1. The van der Waals surface area contributed by atoms with Gasteiger partial charge in [0.25, 0.3) is 11.8 Å². The number of nitrogens with one attached hydrogen (secondary N) is 2. The van der Waals surface area contributed by atoms with Crippen LogP contribution in [0.1, 0.15) is 29.8 Å². The number of amides is 2. The van der Waals surface area contributed by atoms with E-state index >= 15 is 0 Å². The lowest BCUT2D eigenvalue weighted by molar-refractivity contribution is -0.123. The zero-order valence-electron chi connectivity index (χ0n) is 15.4. The highest BCUT2D eigenvalue weighted by Crippen LogP contribution is 2.14. The summed E-state index contributed by atoms with van der Waals surface area (Å²) in [7, 11) is 1.55. The number of rotatable bonds is 7. The molecule has 27 heavy (non-hydrogen) atoms. The number of hydrazone groups is 1. The van der Waals surface area contributed by atoms with Gasteiger partial charge < -0.3 is 10.1 Å². The number of hydrogen-bond acceptors (Lipinski definition) is 4. The topological polar surface area (TPSA) is 79.8 Å². The Balaban J connectivity index is 2.03. The van der Waals surface area contributed by atoms with Gasteiger partial charge in [0.15, 0.2) is 0 Å². The number of carbonyl (C=O) groups is 2. The van der Waals surface area contributed by atoms with Crippen LogP contribution < -0.4 is 15.5 Å². The third kappa shape index (κ3) is 5.64. The van der Waals surface area contributed by atoms with Crippen molar-refractivity contribution >= 4 is 18.0 Å². The van der Waals surface area contributed by atoms with Gasteiger partial charge in [-0.3, -0.25) is 9.59 Å². The van der Waals surface area contributed by atoms with Crippen LogP contribution in [0.15, 0.2) is 53.6 Å². The molecule has 1 unspecified atom stereocenters. The van der Waals surface area contributed by atoms with Gasteiger partial charge in [-0.1, -0.05) is 26.0 Å². The van der Waals surface area contributed by atoms with E-state index in [1.165, 1.54) is 30.5 Å². The molecule has 0 fully saturated rings. The Kier molecular flexibility index (Phi) is 7.05. The molecule has 0 spiro atoms. The number of nitrogens with zero attached hydrogens (tertiary/aromatic N) is 1. The second kappa shape index (κ2) is 9.47. The van der Waals surface area contributed by atoms with Crippen molar-refractivity contribution in [3.8, 4) is 5.75 Å². The molecule has 0 aliphatic rings. The van der Waals surface area contributed by atoms with Crippen molar-refractivity contribution in [1.82, 2.24) is 10.7 Å². The SMILES string of the molecule is COc1ccccc1/C=N/NC(=O)C(NC(=O)c1ccc(F)cc1)C(C)C. The van der Waals surface area contributed by atoms with Crippen molar-refractivity contribution in [3.05, 3.63) is 65.5 Å². The molecular weight excluding hydrogens is 349 g/mol. The molecule has 0 heterocycles. The normalized spacial score (nSPS) is 12.0. The van der Waals surface area contributed by atoms with Crippen molar-refractivity contribution in [2.24, 2.45) is 11.0 Å². The number of hydrogen-bond donors (Lipinski definition) is 2. The lowest BCUT2D eigenvalue weighted by Gasteiger charge is -2.20. The van der Waals surface area contributed by atoms with Crippen LogP contribution in [0.2, 0.25) is 0 Å². The Morgan fingerprint density at radius 2 is 1.78 bits per heavy atom. The second-order valence-corrected chi connectivity index (χ2v) is 6.18. The van der Waals surface area contributed by atoms with Crippen LogP contribution in [0.25, 0.3) is 0 Å². The van der Waals surface area contributed by atoms with E-state index in [4.69, 9.17) is 4.74 Å². The minimum atomic E-state index is -0.794. The molecule has 142 valence electrons. The molecule has 2 aromatic carbocycles. The zero-order valence-corrected chi connectivity index (χ0v) is 15.4. The van der Waals surface area contributed by atoms with Crippen LogP contribution in [0.3, 0.4) is 0 Å². The van der Waals surface area contributed by atoms with E-state index in [-0.39, 0.29) is 11.5 Å². The summed E-state index contributed by atoms with van der Waals surface area (Å²) < 4.78 is 18.2. The standard InChI is InChI=1S/C20H22FN3O3/c1-13(2)18(23-19(25)14-8-10-16(21)11-9-14)20(26)24-22-12-15-6-4-5-7-17(15)27-3/h4-13,18H,1-3H3,(H,23,25)(H,24,26)/b22-12+. The van der Waals surface area contributed by atoms with Crippen molar-refractivity contribution in [3.63, 3.8) is 0 Å². The highest BCUT2D eigenvalue weighted by atomic mass is 19.1. The average Bonchev–Trinajstić information content (AvgIpc) is 2.66. The summed E-state index contributed by atoms with van der Waals surface area (Å²) in [6.07, 6.45) is 1.47. The molecule has 2 aromatic rings. The molecule has 0 saturated heterocycles. The van der Waals surface area contributed by atoms with Gasteiger partial charge in [0, 0.05) is 11.1 Å². The molecule has 1 atom stereocenters. The molecule has 0 saturated carbocycles. The van der Waals surface area contributed by atoms with E-state index in [0.717, 1.165) is 0 Å². The minimum absolute atomic E-state index is 0.171. The fourth-order valence-electron chi connectivity index (χ4n) is 2.37. The summed E-state index contributed by atoms with van der Waals surface area (Å²) in [5, 5.41) is 6.59. The van der Waals surface area contributed by atoms with Crippen LogP contribution >= 0.6 is 0 Å². The first-order chi connectivity index (χ1) is 12.9. The highest BCUT2D eigenvalue weighted by Gasteiger charge is 2.24. The van der Waals surface area contributed by atoms with Gasteiger partial charge >= 0.3 is 0 Å². The van der Waals surface area contributed by atoms with Crippen molar-refractivity contribution in [2.45, 2.75) is 19.9 Å². The van der Waals surface area contributed by atoms with Crippen LogP contribution in [0.5, 0.6) is 5.75 Å². The predicted molar refractivity (Wildman–Crippen MR) is 101 cm³/mol. The molecule has 0 aromatic heterocycles. The summed E-state index contributed by atoms with van der Waals surface area (Å²) in [5.41, 5.74) is 3.41. The van der Waals surface area contributed by atoms with Gasteiger partial charge in [-0.15, -0.1) is 0 Å². The maximum atomic E-state index is 13.0. The fraction of sp³-hybridized carbons (Fsp3) is 0.250. The van der Waals surface area contributed by atoms with Crippen LogP contribution in [0.4, 0.5) is 4.39 Å². The first-order valence-corrected chi connectivity index (χ1v) is 8.44. The third-order valence-corrected chi connectivity index (χ3v) is 3.86. The molecule has 2 amide bonds. The van der Waals surface area contributed by atoms with Crippen molar-refractivity contribution in [2.75, 3.05) is 7.11 Å². The number of halogens is 1. The van der Waals surface area contributed by atoms with Gasteiger partial charge in [0.05, 0.1) is 13.3 Å². The number of benzene rings is 2. The fourth-order valence-corrected chi connectivity index (χ4v) is 2.37. The van der Waals surface area contributed by atoms with Crippen molar-refractivity contribution < 1.29 is 18.7 Å². The molecule has 0 aliphatic heterocycles. The Hall–Kier alpha value is -3.22. The zero-order chi connectivity index (χ0) is 19.8. The van der Waals surface area contributed by atoms with Gasteiger partial charge in [0.1, 0.15) is 17.6 Å². The Morgan fingerprint density at radius 1 is 1.11 bits per heavy atom. The van der Waals surface area contributed by atoms with Gasteiger partial charge in [-0.2, -0.15) is 5.10 Å². The molecular formula is C20H22FN3O3. The lowest BCUT2D eigenvalue weighted by atomic mass is 10.0. The molecule has 7 heteroatoms. The third-order valence-electron chi connectivity index (χ3n) is 3.86. The van der Waals surface area contributed by atoms with Gasteiger partial charge in [0.2, 0.25) is 0 Å². The molecule has 0 radical (unpaired) electrons. The lowest BCUT2D eigenvalue weighted by Crippen LogP contribution is -2.48. The maximum Gasteiger partial charge on any atom is 0.262 e. The summed E-state index contributed by atoms with van der Waals surface area (Å²) >= 11 is 0. The van der Waals surface area contributed by atoms with Gasteiger partial charge in [-0.25, -0.2) is 9.82 Å². The van der Waals surface area contributed by atoms with E-state index in [2.05, 4.69) is 15.8 Å². The highest BCUT2D eigenvalue weighted by molar-refractivity contribution is 5.97. The molecule has 2 rings (SSSR count). The Morgan fingerprint density at radius 3 is 2.41 bits per heavy atom. The van der Waals surface area contributed by atoms with E-state index < -0.39 is 23.7 Å². The predicted octanol–water partition coefficient (Wildman–Crippen LogP) is 2.74. The van der Waals surface area contributed by atoms with E-state index in [9.17, 15) is 14.0 Å². The summed E-state index contributed by atoms with van der Waals surface area (Å²) in [4.78, 5) is 24.7. The van der Waals surface area contributed by atoms with Crippen LogP contribution in [-0.4, -0.2) is 31.2 Å². The molecule has 0 bridgehead atoms. The smallest absolute Gasteiger partial charge is 0.262 e.